The molecule has 2 aromatic carbocycles. The molecule has 0 saturated heterocycles. The lowest BCUT2D eigenvalue weighted by Crippen LogP contribution is -2.65. The molecule has 0 aliphatic heterocycles. The lowest BCUT2D eigenvalue weighted by Gasteiger charge is -2.55. The average molecular weight is 529 g/mol. The van der Waals surface area contributed by atoms with Gasteiger partial charge in [0.25, 0.3) is 5.91 Å². The van der Waals surface area contributed by atoms with Crippen LogP contribution in [0.1, 0.15) is 43.2 Å². The number of fused-ring (bicyclic) bond motifs is 3. The van der Waals surface area contributed by atoms with Crippen molar-refractivity contribution in [2.24, 2.45) is 5.41 Å². The summed E-state index contributed by atoms with van der Waals surface area (Å²) in [5.74, 6) is -1.30. The third-order valence-corrected chi connectivity index (χ3v) is 7.48. The Labute approximate surface area is 210 Å². The monoisotopic (exact) mass is 528 g/mol. The van der Waals surface area contributed by atoms with Crippen molar-refractivity contribution >= 4 is 23.4 Å². The van der Waals surface area contributed by atoms with Gasteiger partial charge in [-0.2, -0.15) is 13.2 Å². The van der Waals surface area contributed by atoms with Gasteiger partial charge in [-0.25, -0.2) is 4.39 Å². The van der Waals surface area contributed by atoms with Crippen molar-refractivity contribution in [1.82, 2.24) is 10.6 Å². The minimum Gasteiger partial charge on any atom is -0.484 e. The third-order valence-electron chi connectivity index (χ3n) is 7.17. The van der Waals surface area contributed by atoms with E-state index in [1.165, 1.54) is 24.3 Å². The highest BCUT2D eigenvalue weighted by atomic mass is 35.5. The number of alkyl halides is 3. The van der Waals surface area contributed by atoms with Gasteiger partial charge in [0.1, 0.15) is 11.6 Å². The van der Waals surface area contributed by atoms with Crippen LogP contribution in [-0.4, -0.2) is 35.2 Å². The molecule has 194 valence electrons. The normalized spacial score (nSPS) is 25.3. The maximum absolute atomic E-state index is 13.5. The van der Waals surface area contributed by atoms with Gasteiger partial charge in [0.15, 0.2) is 6.61 Å². The molecule has 2 bridgehead atoms. The SMILES string of the molecule is O=C(COc1ccc(Cl)c(F)c1)NC12CCC(C(=O)NCc3ccc(C(F)(F)F)cc3)(CC1)C(O)C2. The molecule has 6 nitrogen and oxygen atoms in total. The zero-order valence-corrected chi connectivity index (χ0v) is 19.9. The van der Waals surface area contributed by atoms with E-state index in [4.69, 9.17) is 16.3 Å². The van der Waals surface area contributed by atoms with Crippen LogP contribution in [0, 0.1) is 11.2 Å². The number of aliphatic hydroxyl groups is 1. The maximum Gasteiger partial charge on any atom is 0.416 e. The standard InChI is InChI=1S/C25H25ClF4N2O4/c26-18-6-5-17(11-19(18)27)36-14-21(34)32-23-7-9-24(10-8-23,20(33)12-23)22(35)31-13-15-1-3-16(4-2-15)25(28,29)30/h1-6,11,20,33H,7-10,12-14H2,(H,31,35)(H,32,34). The predicted molar refractivity (Wildman–Crippen MR) is 123 cm³/mol. The van der Waals surface area contributed by atoms with Gasteiger partial charge in [-0.3, -0.25) is 9.59 Å². The number of hydrogen-bond acceptors (Lipinski definition) is 4. The van der Waals surface area contributed by atoms with Gasteiger partial charge in [0.2, 0.25) is 5.91 Å². The number of halogens is 5. The summed E-state index contributed by atoms with van der Waals surface area (Å²) in [7, 11) is 0. The molecule has 0 aromatic heterocycles. The quantitative estimate of drug-likeness (QED) is 0.466. The van der Waals surface area contributed by atoms with Crippen molar-refractivity contribution in [2.75, 3.05) is 6.61 Å². The van der Waals surface area contributed by atoms with Crippen molar-refractivity contribution in [3.05, 3.63) is 64.4 Å². The Balaban J connectivity index is 1.30. The Morgan fingerprint density at radius 3 is 2.33 bits per heavy atom. The lowest BCUT2D eigenvalue weighted by atomic mass is 9.55. The molecule has 0 radical (unpaired) electrons. The van der Waals surface area contributed by atoms with Crippen LogP contribution in [0.15, 0.2) is 42.5 Å². The van der Waals surface area contributed by atoms with Crippen molar-refractivity contribution in [3.63, 3.8) is 0 Å². The molecular weight excluding hydrogens is 504 g/mol. The van der Waals surface area contributed by atoms with Gasteiger partial charge in [0.05, 0.1) is 22.1 Å². The Morgan fingerprint density at radius 1 is 1.08 bits per heavy atom. The minimum atomic E-state index is -4.43. The first kappa shape index (κ1) is 26.2. The van der Waals surface area contributed by atoms with Gasteiger partial charge in [-0.15, -0.1) is 0 Å². The number of carbonyl (C=O) groups is 2. The summed E-state index contributed by atoms with van der Waals surface area (Å²) in [6.45, 7) is -0.312. The fourth-order valence-corrected chi connectivity index (χ4v) is 5.17. The highest BCUT2D eigenvalue weighted by Crippen LogP contribution is 2.52. The van der Waals surface area contributed by atoms with Gasteiger partial charge >= 0.3 is 6.18 Å². The number of rotatable bonds is 7. The number of benzene rings is 2. The van der Waals surface area contributed by atoms with Gasteiger partial charge in [-0.1, -0.05) is 23.7 Å². The van der Waals surface area contributed by atoms with E-state index < -0.39 is 40.5 Å². The third kappa shape index (κ3) is 5.44. The molecule has 3 aliphatic carbocycles. The first-order valence-electron chi connectivity index (χ1n) is 11.4. The minimum absolute atomic E-state index is 0.0376. The van der Waals surface area contributed by atoms with Crippen molar-refractivity contribution < 1.29 is 37.0 Å². The van der Waals surface area contributed by atoms with E-state index >= 15 is 0 Å². The highest BCUT2D eigenvalue weighted by Gasteiger charge is 2.58. The van der Waals surface area contributed by atoms with Crippen LogP contribution in [-0.2, 0) is 22.3 Å². The summed E-state index contributed by atoms with van der Waals surface area (Å²) in [5.41, 5.74) is -1.96. The Bertz CT molecular complexity index is 1130. The van der Waals surface area contributed by atoms with Gasteiger partial charge in [0, 0.05) is 18.2 Å². The molecule has 0 heterocycles. The number of amides is 2. The summed E-state index contributed by atoms with van der Waals surface area (Å²) in [6.07, 6.45) is -3.62. The van der Waals surface area contributed by atoms with Crippen LogP contribution in [0.5, 0.6) is 5.75 Å². The van der Waals surface area contributed by atoms with Crippen LogP contribution in [0.2, 0.25) is 5.02 Å². The number of nitrogens with one attached hydrogen (secondary N) is 2. The number of carbonyl (C=O) groups excluding carboxylic acids is 2. The lowest BCUT2D eigenvalue weighted by molar-refractivity contribution is -0.156. The van der Waals surface area contributed by atoms with E-state index in [1.54, 1.807) is 0 Å². The molecule has 1 unspecified atom stereocenters. The van der Waals surface area contributed by atoms with Crippen LogP contribution in [0.3, 0.4) is 0 Å². The Hall–Kier alpha value is -2.85. The Morgan fingerprint density at radius 2 is 1.75 bits per heavy atom. The van der Waals surface area contributed by atoms with Gasteiger partial charge in [-0.05, 0) is 61.9 Å². The smallest absolute Gasteiger partial charge is 0.416 e. The van der Waals surface area contributed by atoms with Crippen LogP contribution < -0.4 is 15.4 Å². The second-order valence-electron chi connectivity index (χ2n) is 9.45. The zero-order chi connectivity index (χ0) is 26.1. The molecule has 3 saturated carbocycles. The first-order valence-corrected chi connectivity index (χ1v) is 11.8. The molecular formula is C25H25ClF4N2O4. The molecule has 2 amide bonds. The van der Waals surface area contributed by atoms with E-state index in [0.29, 0.717) is 31.2 Å². The van der Waals surface area contributed by atoms with Crippen molar-refractivity contribution in [3.8, 4) is 5.75 Å². The summed E-state index contributed by atoms with van der Waals surface area (Å²) < 4.78 is 57.1. The van der Waals surface area contributed by atoms with E-state index in [0.717, 1.165) is 18.2 Å². The molecule has 0 spiro atoms. The van der Waals surface area contributed by atoms with E-state index in [1.807, 2.05) is 0 Å². The van der Waals surface area contributed by atoms with Crippen LogP contribution in [0.25, 0.3) is 0 Å². The second kappa shape index (κ2) is 9.89. The van der Waals surface area contributed by atoms with E-state index in [2.05, 4.69) is 10.6 Å². The summed E-state index contributed by atoms with van der Waals surface area (Å²) in [4.78, 5) is 25.5. The van der Waals surface area contributed by atoms with Crippen LogP contribution in [0.4, 0.5) is 17.6 Å². The molecule has 36 heavy (non-hydrogen) atoms. The first-order chi connectivity index (χ1) is 16.9. The maximum atomic E-state index is 13.5. The molecule has 11 heteroatoms. The average Bonchev–Trinajstić information content (AvgIpc) is 2.83. The number of aliphatic hydroxyl groups excluding tert-OH is 1. The number of hydrogen-bond donors (Lipinski definition) is 3. The predicted octanol–water partition coefficient (Wildman–Crippen LogP) is 4.37. The van der Waals surface area contributed by atoms with Gasteiger partial charge < -0.3 is 20.5 Å². The van der Waals surface area contributed by atoms with Crippen molar-refractivity contribution in [2.45, 2.75) is 56.5 Å². The molecule has 3 N–H and O–H groups in total. The van der Waals surface area contributed by atoms with Crippen molar-refractivity contribution in [1.29, 1.82) is 0 Å². The van der Waals surface area contributed by atoms with E-state index in [-0.39, 0.29) is 36.3 Å². The largest absolute Gasteiger partial charge is 0.484 e. The summed E-state index contributed by atoms with van der Waals surface area (Å²) in [6, 6.07) is 8.37. The molecule has 2 aromatic rings. The fraction of sp³-hybridized carbons (Fsp3) is 0.440. The molecule has 5 rings (SSSR count). The van der Waals surface area contributed by atoms with Crippen LogP contribution >= 0.6 is 11.6 Å². The van der Waals surface area contributed by atoms with E-state index in [9.17, 15) is 32.3 Å². The molecule has 3 fully saturated rings. The second-order valence-corrected chi connectivity index (χ2v) is 9.85. The fourth-order valence-electron chi connectivity index (χ4n) is 5.05. The molecule has 3 aliphatic rings. The summed E-state index contributed by atoms with van der Waals surface area (Å²) in [5, 5.41) is 16.5. The zero-order valence-electron chi connectivity index (χ0n) is 19.1. The summed E-state index contributed by atoms with van der Waals surface area (Å²) >= 11 is 5.63. The number of ether oxygens (including phenoxy) is 1. The Kier molecular flexibility index (Phi) is 7.21. The highest BCUT2D eigenvalue weighted by molar-refractivity contribution is 6.30. The molecule has 1 atom stereocenters. The topological polar surface area (TPSA) is 87.7 Å².